The van der Waals surface area contributed by atoms with Crippen LogP contribution in [0.3, 0.4) is 0 Å². The van der Waals surface area contributed by atoms with Crippen LogP contribution in [0.25, 0.3) is 21.8 Å². The molecule has 3 aromatic rings. The highest BCUT2D eigenvalue weighted by Gasteiger charge is 2.29. The van der Waals surface area contributed by atoms with Crippen LogP contribution in [0.4, 0.5) is 5.69 Å². The zero-order chi connectivity index (χ0) is 20.4. The zero-order valence-electron chi connectivity index (χ0n) is 16.5. The smallest absolute Gasteiger partial charge is 0.227 e. The van der Waals surface area contributed by atoms with Crippen LogP contribution in [0.5, 0.6) is 17.2 Å². The van der Waals surface area contributed by atoms with Gasteiger partial charge >= 0.3 is 0 Å². The second kappa shape index (κ2) is 8.13. The summed E-state index contributed by atoms with van der Waals surface area (Å²) in [5, 5.41) is 5.85. The van der Waals surface area contributed by atoms with Crippen molar-refractivity contribution >= 4 is 22.9 Å². The van der Waals surface area contributed by atoms with E-state index < -0.39 is 0 Å². The molecule has 4 rings (SSSR count). The highest BCUT2D eigenvalue weighted by Crippen LogP contribution is 2.42. The number of rotatable bonds is 7. The topological polar surface area (TPSA) is 69.7 Å². The van der Waals surface area contributed by atoms with E-state index in [0.29, 0.717) is 17.2 Å². The van der Waals surface area contributed by atoms with E-state index in [2.05, 4.69) is 5.32 Å². The maximum Gasteiger partial charge on any atom is 0.227 e. The first-order valence-electron chi connectivity index (χ1n) is 9.30. The minimum atomic E-state index is 0.0967. The molecule has 0 unspecified atom stereocenters. The average molecular weight is 410 g/mol. The van der Waals surface area contributed by atoms with Crippen LogP contribution in [0.15, 0.2) is 41.8 Å². The van der Waals surface area contributed by atoms with Gasteiger partial charge in [-0.25, -0.2) is 4.98 Å². The van der Waals surface area contributed by atoms with Gasteiger partial charge in [0.2, 0.25) is 11.7 Å². The third kappa shape index (κ3) is 4.05. The molecular weight excluding hydrogens is 388 g/mol. The Bertz CT molecular complexity index is 1020. The number of nitrogens with zero attached hydrogens (tertiary/aromatic N) is 1. The van der Waals surface area contributed by atoms with Crippen molar-refractivity contribution < 1.29 is 19.0 Å². The first-order valence-corrected chi connectivity index (χ1v) is 10.2. The summed E-state index contributed by atoms with van der Waals surface area (Å²) in [5.74, 6) is 1.99. The van der Waals surface area contributed by atoms with Crippen molar-refractivity contribution in [3.05, 3.63) is 41.8 Å². The summed E-state index contributed by atoms with van der Waals surface area (Å²) in [4.78, 5) is 16.8. The minimum Gasteiger partial charge on any atom is -0.493 e. The fourth-order valence-electron chi connectivity index (χ4n) is 3.09. The van der Waals surface area contributed by atoms with Gasteiger partial charge in [-0.2, -0.15) is 0 Å². The van der Waals surface area contributed by atoms with Gasteiger partial charge in [-0.05, 0) is 37.1 Å². The van der Waals surface area contributed by atoms with Crippen LogP contribution in [0.1, 0.15) is 12.8 Å². The molecule has 1 heterocycles. The van der Waals surface area contributed by atoms with E-state index >= 15 is 0 Å². The summed E-state index contributed by atoms with van der Waals surface area (Å²) in [6, 6.07) is 11.5. The fourth-order valence-corrected chi connectivity index (χ4v) is 3.91. The van der Waals surface area contributed by atoms with Gasteiger partial charge in [-0.3, -0.25) is 4.79 Å². The summed E-state index contributed by atoms with van der Waals surface area (Å²) >= 11 is 1.54. The molecule has 1 fully saturated rings. The molecule has 0 bridgehead atoms. The monoisotopic (exact) mass is 410 g/mol. The van der Waals surface area contributed by atoms with E-state index in [0.717, 1.165) is 40.4 Å². The summed E-state index contributed by atoms with van der Waals surface area (Å²) in [6.45, 7) is 0. The summed E-state index contributed by atoms with van der Waals surface area (Å²) < 4.78 is 16.3. The number of ether oxygens (including phenoxy) is 3. The van der Waals surface area contributed by atoms with E-state index in [4.69, 9.17) is 19.2 Å². The van der Waals surface area contributed by atoms with Gasteiger partial charge in [0.1, 0.15) is 5.01 Å². The Balaban J connectivity index is 1.62. The molecule has 1 saturated carbocycles. The predicted octanol–water partition coefficient (Wildman–Crippen LogP) is 4.85. The molecule has 0 saturated heterocycles. The number of thiazole rings is 1. The van der Waals surface area contributed by atoms with Crippen molar-refractivity contribution in [1.82, 2.24) is 4.98 Å². The number of benzene rings is 2. The Morgan fingerprint density at radius 1 is 1.03 bits per heavy atom. The number of anilines is 1. The van der Waals surface area contributed by atoms with Gasteiger partial charge in [0, 0.05) is 28.1 Å². The van der Waals surface area contributed by atoms with Crippen LogP contribution in [0.2, 0.25) is 0 Å². The second-order valence-electron chi connectivity index (χ2n) is 6.80. The van der Waals surface area contributed by atoms with Crippen molar-refractivity contribution in [2.24, 2.45) is 5.92 Å². The van der Waals surface area contributed by atoms with E-state index in [1.54, 1.807) is 32.7 Å². The molecule has 6 nitrogen and oxygen atoms in total. The van der Waals surface area contributed by atoms with Crippen LogP contribution in [-0.2, 0) is 4.79 Å². The van der Waals surface area contributed by atoms with Crippen molar-refractivity contribution in [2.75, 3.05) is 26.6 Å². The molecule has 29 heavy (non-hydrogen) atoms. The minimum absolute atomic E-state index is 0.0967. The van der Waals surface area contributed by atoms with Crippen molar-refractivity contribution in [2.45, 2.75) is 12.8 Å². The van der Waals surface area contributed by atoms with Gasteiger partial charge < -0.3 is 19.5 Å². The van der Waals surface area contributed by atoms with Gasteiger partial charge in [0.25, 0.3) is 0 Å². The molecule has 0 spiro atoms. The number of methoxy groups -OCH3 is 3. The Morgan fingerprint density at radius 3 is 2.38 bits per heavy atom. The molecule has 1 N–H and O–H groups in total. The molecule has 150 valence electrons. The Morgan fingerprint density at radius 2 is 1.76 bits per heavy atom. The first kappa shape index (κ1) is 19.3. The maximum absolute atomic E-state index is 12.0. The van der Waals surface area contributed by atoms with E-state index in [9.17, 15) is 4.79 Å². The molecule has 2 aromatic carbocycles. The quantitative estimate of drug-likeness (QED) is 0.603. The average Bonchev–Trinajstić information content (AvgIpc) is 3.49. The largest absolute Gasteiger partial charge is 0.493 e. The van der Waals surface area contributed by atoms with E-state index in [1.165, 1.54) is 0 Å². The van der Waals surface area contributed by atoms with Crippen molar-refractivity contribution in [3.63, 3.8) is 0 Å². The number of amides is 1. The molecule has 1 aliphatic rings. The molecule has 1 aliphatic carbocycles. The van der Waals surface area contributed by atoms with Crippen molar-refractivity contribution in [3.8, 4) is 39.1 Å². The summed E-state index contributed by atoms with van der Waals surface area (Å²) in [7, 11) is 4.76. The van der Waals surface area contributed by atoms with Gasteiger partial charge in [-0.15, -0.1) is 11.3 Å². The number of hydrogen-bond donors (Lipinski definition) is 1. The predicted molar refractivity (Wildman–Crippen MR) is 114 cm³/mol. The van der Waals surface area contributed by atoms with Gasteiger partial charge in [0.05, 0.1) is 27.0 Å². The Hall–Kier alpha value is -3.06. The van der Waals surface area contributed by atoms with Gasteiger partial charge in [0.15, 0.2) is 11.5 Å². The molecule has 0 radical (unpaired) electrons. The Labute approximate surface area is 173 Å². The zero-order valence-corrected chi connectivity index (χ0v) is 17.3. The van der Waals surface area contributed by atoms with E-state index in [1.807, 2.05) is 41.8 Å². The third-order valence-electron chi connectivity index (χ3n) is 4.79. The van der Waals surface area contributed by atoms with Crippen LogP contribution < -0.4 is 19.5 Å². The van der Waals surface area contributed by atoms with Crippen LogP contribution in [0, 0.1) is 5.92 Å². The lowest BCUT2D eigenvalue weighted by Gasteiger charge is -2.13. The molecule has 0 atom stereocenters. The lowest BCUT2D eigenvalue weighted by atomic mass is 10.1. The summed E-state index contributed by atoms with van der Waals surface area (Å²) in [5.41, 5.74) is 3.45. The third-order valence-corrected chi connectivity index (χ3v) is 5.68. The number of carbonyl (C=O) groups excluding carboxylic acids is 1. The van der Waals surface area contributed by atoms with Crippen LogP contribution >= 0.6 is 11.3 Å². The molecule has 7 heteroatoms. The molecule has 1 aromatic heterocycles. The number of hydrogen-bond acceptors (Lipinski definition) is 6. The number of carbonyl (C=O) groups is 1. The highest BCUT2D eigenvalue weighted by atomic mass is 32.1. The summed E-state index contributed by atoms with van der Waals surface area (Å²) in [6.07, 6.45) is 1.96. The standard InChI is InChI=1S/C22H22N2O4S/c1-26-18-10-15(11-19(27-2)20(18)28-3)17-12-29-22(24-17)14-5-4-6-16(9-14)23-21(25)13-7-8-13/h4-6,9-13H,7-8H2,1-3H3,(H,23,25). The van der Waals surface area contributed by atoms with Crippen LogP contribution in [-0.4, -0.2) is 32.2 Å². The lowest BCUT2D eigenvalue weighted by Crippen LogP contribution is -2.13. The van der Waals surface area contributed by atoms with Crippen molar-refractivity contribution in [1.29, 1.82) is 0 Å². The SMILES string of the molecule is COc1cc(-c2csc(-c3cccc(NC(=O)C4CC4)c3)n2)cc(OC)c1OC. The first-order chi connectivity index (χ1) is 14.1. The normalized spacial score (nSPS) is 13.1. The molecule has 0 aliphatic heterocycles. The Kier molecular flexibility index (Phi) is 5.40. The molecular formula is C22H22N2O4S. The van der Waals surface area contributed by atoms with E-state index in [-0.39, 0.29) is 11.8 Å². The fraction of sp³-hybridized carbons (Fsp3) is 0.273. The van der Waals surface area contributed by atoms with Gasteiger partial charge in [-0.1, -0.05) is 12.1 Å². The molecule has 1 amide bonds. The lowest BCUT2D eigenvalue weighted by molar-refractivity contribution is -0.117. The maximum atomic E-state index is 12.0. The number of aromatic nitrogens is 1. The second-order valence-corrected chi connectivity index (χ2v) is 7.65. The number of nitrogens with one attached hydrogen (secondary N) is 1. The highest BCUT2D eigenvalue weighted by molar-refractivity contribution is 7.13.